The second-order valence-corrected chi connectivity index (χ2v) is 10.5. The third-order valence-electron chi connectivity index (χ3n) is 6.15. The summed E-state index contributed by atoms with van der Waals surface area (Å²) in [7, 11) is 0. The van der Waals surface area contributed by atoms with Gasteiger partial charge in [-0.3, -0.25) is 29.1 Å². The van der Waals surface area contributed by atoms with Gasteiger partial charge < -0.3 is 20.5 Å². The van der Waals surface area contributed by atoms with E-state index in [1.807, 2.05) is 24.3 Å². The van der Waals surface area contributed by atoms with Crippen molar-refractivity contribution in [2.45, 2.75) is 24.4 Å². The number of hydrogen-bond acceptors (Lipinski definition) is 10. The lowest BCUT2D eigenvalue weighted by Gasteiger charge is -2.49. The number of carbonyl (C=O) groups is 5. The number of fused-ring (bicyclic) bond motifs is 2. The topological polar surface area (TPSA) is 168 Å². The fourth-order valence-electron chi connectivity index (χ4n) is 4.27. The number of hydrogen-bond donors (Lipinski definition) is 3. The molecule has 12 nitrogen and oxygen atoms in total. The van der Waals surface area contributed by atoms with Crippen molar-refractivity contribution in [1.29, 1.82) is 0 Å². The first-order valence-electron chi connectivity index (χ1n) is 11.6. The SMILES string of the molecule is CC(=O)OCC1=C(C(=O)O)N2C(=O)[C@@H](NC(=O)C(NC(=O)c3cc4ccccc4cn3)c3cscn3)[C@H]2SC1. The van der Waals surface area contributed by atoms with Gasteiger partial charge in [0.05, 0.1) is 11.2 Å². The van der Waals surface area contributed by atoms with Gasteiger partial charge in [-0.05, 0) is 11.5 Å². The molecule has 0 bridgehead atoms. The molecule has 14 heteroatoms. The fourth-order valence-corrected chi connectivity index (χ4v) is 6.18. The lowest BCUT2D eigenvalue weighted by molar-refractivity contribution is -0.151. The molecule has 2 aliphatic heterocycles. The average molecular weight is 568 g/mol. The molecule has 3 aromatic rings. The van der Waals surface area contributed by atoms with Crippen molar-refractivity contribution in [2.75, 3.05) is 12.4 Å². The number of thiazole rings is 1. The van der Waals surface area contributed by atoms with Crippen molar-refractivity contribution in [2.24, 2.45) is 0 Å². The Hall–Kier alpha value is -4.30. The van der Waals surface area contributed by atoms with E-state index < -0.39 is 47.1 Å². The van der Waals surface area contributed by atoms with Gasteiger partial charge in [0.2, 0.25) is 5.91 Å². The number of nitrogens with zero attached hydrogens (tertiary/aromatic N) is 3. The molecule has 2 aliphatic rings. The number of pyridine rings is 1. The Bertz CT molecular complexity index is 1520. The van der Waals surface area contributed by atoms with Gasteiger partial charge in [0, 0.05) is 35.2 Å². The molecule has 0 aliphatic carbocycles. The third-order valence-corrected chi connectivity index (χ3v) is 8.09. The molecule has 1 saturated heterocycles. The molecule has 3 atom stereocenters. The molecule has 0 radical (unpaired) electrons. The summed E-state index contributed by atoms with van der Waals surface area (Å²) in [5.74, 6) is -3.63. The first-order chi connectivity index (χ1) is 18.7. The largest absolute Gasteiger partial charge is 0.477 e. The number of carboxylic acids is 1. The van der Waals surface area contributed by atoms with Crippen LogP contribution in [0.5, 0.6) is 0 Å². The van der Waals surface area contributed by atoms with Crippen molar-refractivity contribution in [3.05, 3.63) is 70.1 Å². The Morgan fingerprint density at radius 2 is 1.97 bits per heavy atom. The van der Waals surface area contributed by atoms with Crippen molar-refractivity contribution in [3.8, 4) is 0 Å². The molecule has 3 amide bonds. The van der Waals surface area contributed by atoms with Crippen LogP contribution in [0.25, 0.3) is 10.8 Å². The lowest BCUT2D eigenvalue weighted by atomic mass is 10.0. The highest BCUT2D eigenvalue weighted by Gasteiger charge is 2.54. The zero-order chi connectivity index (χ0) is 27.7. The van der Waals surface area contributed by atoms with Crippen LogP contribution in [-0.2, 0) is 23.9 Å². The van der Waals surface area contributed by atoms with E-state index in [9.17, 15) is 29.1 Å². The second kappa shape index (κ2) is 10.8. The van der Waals surface area contributed by atoms with Crippen LogP contribution in [0.15, 0.2) is 58.7 Å². The molecule has 39 heavy (non-hydrogen) atoms. The molecule has 4 heterocycles. The molecule has 200 valence electrons. The van der Waals surface area contributed by atoms with Crippen LogP contribution < -0.4 is 10.6 Å². The highest BCUT2D eigenvalue weighted by Crippen LogP contribution is 2.40. The van der Waals surface area contributed by atoms with Crippen LogP contribution in [0, 0.1) is 0 Å². The van der Waals surface area contributed by atoms with E-state index in [0.717, 1.165) is 15.7 Å². The van der Waals surface area contributed by atoms with E-state index in [1.54, 1.807) is 17.6 Å². The number of aliphatic carboxylic acids is 1. The molecule has 1 aromatic carbocycles. The molecular weight excluding hydrogens is 546 g/mol. The van der Waals surface area contributed by atoms with Gasteiger partial charge in [-0.1, -0.05) is 24.3 Å². The standard InChI is InChI=1S/C25H21N5O7S2/c1-12(31)37-8-15-9-39-24-19(23(34)30(24)20(15)25(35)36)29-22(33)18(17-10-38-11-27-17)28-21(32)16-6-13-4-2-3-5-14(13)7-26-16/h2-7,10-11,18-19,24H,8-9H2,1H3,(H,28,32)(H,29,33)(H,35,36)/t18?,19-,24-/m1/s1. The monoisotopic (exact) mass is 567 g/mol. The predicted octanol–water partition coefficient (Wildman–Crippen LogP) is 1.46. The minimum absolute atomic E-state index is 0.104. The minimum Gasteiger partial charge on any atom is -0.477 e. The first-order valence-corrected chi connectivity index (χ1v) is 13.6. The average Bonchev–Trinajstić information content (AvgIpc) is 3.46. The second-order valence-electron chi connectivity index (χ2n) is 8.67. The third kappa shape index (κ3) is 5.20. The van der Waals surface area contributed by atoms with Gasteiger partial charge in [0.1, 0.15) is 29.4 Å². The van der Waals surface area contributed by atoms with E-state index >= 15 is 0 Å². The van der Waals surface area contributed by atoms with Crippen LogP contribution >= 0.6 is 23.1 Å². The number of aromatic nitrogens is 2. The molecular formula is C25H21N5O7S2. The van der Waals surface area contributed by atoms with E-state index in [4.69, 9.17) is 4.74 Å². The number of amides is 3. The summed E-state index contributed by atoms with van der Waals surface area (Å²) in [6, 6.07) is 6.76. The predicted molar refractivity (Wildman–Crippen MR) is 140 cm³/mol. The Labute approximate surface area is 229 Å². The minimum atomic E-state index is -1.34. The van der Waals surface area contributed by atoms with Crippen molar-refractivity contribution in [3.63, 3.8) is 0 Å². The number of thioether (sulfide) groups is 1. The molecule has 1 fully saturated rings. The molecule has 2 aromatic heterocycles. The zero-order valence-electron chi connectivity index (χ0n) is 20.3. The van der Waals surface area contributed by atoms with Gasteiger partial charge in [-0.25, -0.2) is 9.78 Å². The van der Waals surface area contributed by atoms with Gasteiger partial charge >= 0.3 is 11.9 Å². The number of carbonyl (C=O) groups excluding carboxylic acids is 4. The van der Waals surface area contributed by atoms with E-state index in [2.05, 4.69) is 20.6 Å². The van der Waals surface area contributed by atoms with Crippen LogP contribution in [0.3, 0.4) is 0 Å². The van der Waals surface area contributed by atoms with Gasteiger partial charge in [-0.15, -0.1) is 23.1 Å². The summed E-state index contributed by atoms with van der Waals surface area (Å²) in [6.07, 6.45) is 1.56. The Morgan fingerprint density at radius 3 is 2.67 bits per heavy atom. The maximum Gasteiger partial charge on any atom is 0.352 e. The number of β-lactam (4-membered cyclic amide) rings is 1. The van der Waals surface area contributed by atoms with Crippen molar-refractivity contribution in [1.82, 2.24) is 25.5 Å². The maximum absolute atomic E-state index is 13.4. The van der Waals surface area contributed by atoms with Crippen LogP contribution in [0.4, 0.5) is 0 Å². The number of benzene rings is 1. The molecule has 0 saturated carbocycles. The van der Waals surface area contributed by atoms with Crippen LogP contribution in [-0.4, -0.2) is 73.4 Å². The van der Waals surface area contributed by atoms with E-state index in [0.29, 0.717) is 0 Å². The first kappa shape index (κ1) is 26.3. The van der Waals surface area contributed by atoms with Crippen molar-refractivity contribution < 1.29 is 33.8 Å². The molecule has 3 N–H and O–H groups in total. The van der Waals surface area contributed by atoms with Crippen LogP contribution in [0.2, 0.25) is 0 Å². The highest BCUT2D eigenvalue weighted by atomic mass is 32.2. The summed E-state index contributed by atoms with van der Waals surface area (Å²) in [5, 5.41) is 17.6. The molecule has 0 spiro atoms. The number of ether oxygens (including phenoxy) is 1. The lowest BCUT2D eigenvalue weighted by Crippen LogP contribution is -2.71. The number of nitrogens with one attached hydrogen (secondary N) is 2. The van der Waals surface area contributed by atoms with Gasteiger partial charge in [0.25, 0.3) is 11.8 Å². The smallest absolute Gasteiger partial charge is 0.352 e. The summed E-state index contributed by atoms with van der Waals surface area (Å²) < 4.78 is 4.93. The molecule has 5 rings (SSSR count). The number of carboxylic acid groups (broad SMARTS) is 1. The van der Waals surface area contributed by atoms with Crippen molar-refractivity contribution >= 4 is 63.5 Å². The maximum atomic E-state index is 13.4. The zero-order valence-corrected chi connectivity index (χ0v) is 22.0. The number of rotatable bonds is 8. The Morgan fingerprint density at radius 1 is 1.21 bits per heavy atom. The summed E-state index contributed by atoms with van der Waals surface area (Å²) in [4.78, 5) is 71.9. The van der Waals surface area contributed by atoms with Crippen LogP contribution in [0.1, 0.15) is 29.1 Å². The van der Waals surface area contributed by atoms with Gasteiger partial charge in [0.15, 0.2) is 6.04 Å². The summed E-state index contributed by atoms with van der Waals surface area (Å²) in [5.41, 5.74) is 1.92. The Kier molecular flexibility index (Phi) is 7.30. The van der Waals surface area contributed by atoms with E-state index in [1.165, 1.54) is 35.5 Å². The Balaban J connectivity index is 1.33. The van der Waals surface area contributed by atoms with Gasteiger partial charge in [-0.2, -0.15) is 0 Å². The quantitative estimate of drug-likeness (QED) is 0.268. The summed E-state index contributed by atoms with van der Waals surface area (Å²) >= 11 is 2.47. The highest BCUT2D eigenvalue weighted by molar-refractivity contribution is 8.00. The molecule has 1 unspecified atom stereocenters. The number of esters is 1. The normalized spacial score (nSPS) is 19.1. The summed E-state index contributed by atoms with van der Waals surface area (Å²) in [6.45, 7) is 0.950. The van der Waals surface area contributed by atoms with E-state index in [-0.39, 0.29) is 35.0 Å². The fraction of sp³-hybridized carbons (Fsp3) is 0.240.